The highest BCUT2D eigenvalue weighted by atomic mass is 32.1. The van der Waals surface area contributed by atoms with Crippen LogP contribution < -0.4 is 4.72 Å². The van der Waals surface area contributed by atoms with Crippen LogP contribution >= 0.6 is 24.2 Å². The van der Waals surface area contributed by atoms with E-state index in [1.807, 2.05) is 23.7 Å². The molecule has 0 radical (unpaired) electrons. The van der Waals surface area contributed by atoms with Crippen LogP contribution in [0.1, 0.15) is 51.9 Å². The fourth-order valence-electron chi connectivity index (χ4n) is 1.96. The SMILES string of the molecule is CCCCCCCCCNS.c1ccc2scnc2c1. The molecule has 1 N–H and O–H groups in total. The van der Waals surface area contributed by atoms with Gasteiger partial charge in [-0.3, -0.25) is 4.72 Å². The number of nitrogens with one attached hydrogen (secondary N) is 1. The number of unbranched alkanes of at least 4 members (excludes halogenated alkanes) is 6. The molecule has 0 unspecified atom stereocenters. The standard InChI is InChI=1S/C9H21NS.C7H5NS/c1-2-3-4-5-6-7-8-9-10-11;1-2-4-7-6(3-1)8-5-9-7/h10-11H,2-9H2,1H3;1-5H. The van der Waals surface area contributed by atoms with Crippen molar-refractivity contribution in [3.63, 3.8) is 0 Å². The number of hydrogen-bond acceptors (Lipinski definition) is 4. The number of aromatic nitrogens is 1. The Labute approximate surface area is 132 Å². The lowest BCUT2D eigenvalue weighted by Gasteiger charge is -1.99. The van der Waals surface area contributed by atoms with E-state index < -0.39 is 0 Å². The highest BCUT2D eigenvalue weighted by Gasteiger charge is 1.90. The second-order valence-corrected chi connectivity index (χ2v) is 6.05. The maximum atomic E-state index is 4.14. The first-order valence-electron chi connectivity index (χ1n) is 7.53. The predicted octanol–water partition coefficient (Wildman–Crippen LogP) is 5.47. The van der Waals surface area contributed by atoms with Crippen molar-refractivity contribution >= 4 is 34.4 Å². The van der Waals surface area contributed by atoms with Crippen LogP contribution in [0.2, 0.25) is 0 Å². The fraction of sp³-hybridized carbons (Fsp3) is 0.562. The van der Waals surface area contributed by atoms with Crippen LogP contribution in [-0.2, 0) is 0 Å². The van der Waals surface area contributed by atoms with Crippen molar-refractivity contribution in [3.05, 3.63) is 29.8 Å². The summed E-state index contributed by atoms with van der Waals surface area (Å²) in [5, 5.41) is 0. The average Bonchev–Trinajstić information content (AvgIpc) is 2.95. The third-order valence-electron chi connectivity index (χ3n) is 3.13. The van der Waals surface area contributed by atoms with Gasteiger partial charge in [-0.15, -0.1) is 11.3 Å². The molecule has 0 aliphatic heterocycles. The van der Waals surface area contributed by atoms with E-state index in [1.54, 1.807) is 11.3 Å². The van der Waals surface area contributed by atoms with E-state index in [0.717, 1.165) is 12.1 Å². The number of fused-ring (bicyclic) bond motifs is 1. The number of benzene rings is 1. The van der Waals surface area contributed by atoms with Gasteiger partial charge in [0.2, 0.25) is 0 Å². The number of para-hydroxylation sites is 1. The quantitative estimate of drug-likeness (QED) is 0.499. The van der Waals surface area contributed by atoms with E-state index in [-0.39, 0.29) is 0 Å². The minimum Gasteiger partial charge on any atom is -0.267 e. The van der Waals surface area contributed by atoms with E-state index in [2.05, 4.69) is 35.5 Å². The van der Waals surface area contributed by atoms with Gasteiger partial charge in [-0.2, -0.15) is 0 Å². The Hall–Kier alpha value is -0.580. The van der Waals surface area contributed by atoms with Crippen molar-refractivity contribution in [1.82, 2.24) is 9.71 Å². The van der Waals surface area contributed by atoms with Crippen LogP contribution in [0.3, 0.4) is 0 Å². The molecule has 0 fully saturated rings. The Bertz CT molecular complexity index is 404. The predicted molar refractivity (Wildman–Crippen MR) is 94.6 cm³/mol. The summed E-state index contributed by atoms with van der Waals surface area (Å²) in [5.74, 6) is 0. The van der Waals surface area contributed by atoms with Crippen LogP contribution in [0.15, 0.2) is 29.8 Å². The second kappa shape index (κ2) is 12.2. The van der Waals surface area contributed by atoms with Crippen molar-refractivity contribution in [1.29, 1.82) is 0 Å². The van der Waals surface area contributed by atoms with Crippen LogP contribution in [0.5, 0.6) is 0 Å². The van der Waals surface area contributed by atoms with E-state index in [4.69, 9.17) is 0 Å². The summed E-state index contributed by atoms with van der Waals surface area (Å²) in [6.45, 7) is 3.31. The van der Waals surface area contributed by atoms with E-state index in [1.165, 1.54) is 49.6 Å². The zero-order valence-corrected chi connectivity index (χ0v) is 14.1. The molecule has 2 rings (SSSR count). The summed E-state index contributed by atoms with van der Waals surface area (Å²) in [7, 11) is 0. The molecular weight excluding hydrogens is 284 g/mol. The Morgan fingerprint density at radius 1 is 1.05 bits per heavy atom. The minimum absolute atomic E-state index is 1.05. The molecule has 0 saturated carbocycles. The van der Waals surface area contributed by atoms with Gasteiger partial charge < -0.3 is 0 Å². The molecule has 1 heterocycles. The van der Waals surface area contributed by atoms with E-state index in [0.29, 0.717) is 0 Å². The second-order valence-electron chi connectivity index (χ2n) is 4.85. The first-order valence-corrected chi connectivity index (χ1v) is 8.86. The maximum Gasteiger partial charge on any atom is 0.0812 e. The van der Waals surface area contributed by atoms with Gasteiger partial charge in [0.15, 0.2) is 0 Å². The van der Waals surface area contributed by atoms with Crippen LogP contribution in [0.4, 0.5) is 0 Å². The first-order chi connectivity index (χ1) is 9.88. The van der Waals surface area contributed by atoms with Crippen LogP contribution in [0.25, 0.3) is 10.2 Å². The zero-order valence-electron chi connectivity index (χ0n) is 12.3. The molecule has 0 bridgehead atoms. The van der Waals surface area contributed by atoms with Crippen molar-refractivity contribution in [3.8, 4) is 0 Å². The zero-order chi connectivity index (χ0) is 14.5. The molecule has 2 nitrogen and oxygen atoms in total. The molecule has 0 spiro atoms. The van der Waals surface area contributed by atoms with Crippen molar-refractivity contribution in [2.24, 2.45) is 0 Å². The number of hydrogen-bond donors (Lipinski definition) is 2. The average molecular weight is 311 g/mol. The molecule has 112 valence electrons. The summed E-state index contributed by atoms with van der Waals surface area (Å²) in [6.07, 6.45) is 9.62. The van der Waals surface area contributed by atoms with Crippen molar-refractivity contribution in [2.75, 3.05) is 6.54 Å². The van der Waals surface area contributed by atoms with Gasteiger partial charge in [-0.05, 0) is 18.6 Å². The maximum absolute atomic E-state index is 4.14. The Morgan fingerprint density at radius 2 is 1.75 bits per heavy atom. The number of rotatable bonds is 8. The summed E-state index contributed by atoms with van der Waals surface area (Å²) in [4.78, 5) is 4.14. The largest absolute Gasteiger partial charge is 0.267 e. The molecule has 0 aliphatic rings. The van der Waals surface area contributed by atoms with Gasteiger partial charge >= 0.3 is 0 Å². The molecule has 0 saturated heterocycles. The topological polar surface area (TPSA) is 24.9 Å². The van der Waals surface area contributed by atoms with Gasteiger partial charge in [0, 0.05) is 6.54 Å². The lowest BCUT2D eigenvalue weighted by Crippen LogP contribution is -1.99. The molecule has 20 heavy (non-hydrogen) atoms. The molecule has 0 amide bonds. The van der Waals surface area contributed by atoms with Crippen LogP contribution in [-0.4, -0.2) is 11.5 Å². The van der Waals surface area contributed by atoms with Crippen molar-refractivity contribution in [2.45, 2.75) is 51.9 Å². The molecule has 0 aliphatic carbocycles. The van der Waals surface area contributed by atoms with Crippen molar-refractivity contribution < 1.29 is 0 Å². The Kier molecular flexibility index (Phi) is 10.6. The van der Waals surface area contributed by atoms with Gasteiger partial charge in [-0.1, -0.05) is 70.4 Å². The molecular formula is C16H26N2S2. The highest BCUT2D eigenvalue weighted by Crippen LogP contribution is 2.15. The highest BCUT2D eigenvalue weighted by molar-refractivity contribution is 7.78. The van der Waals surface area contributed by atoms with E-state index >= 15 is 0 Å². The van der Waals surface area contributed by atoms with Gasteiger partial charge in [0.05, 0.1) is 15.7 Å². The van der Waals surface area contributed by atoms with Gasteiger partial charge in [-0.25, -0.2) is 4.98 Å². The first kappa shape index (κ1) is 17.5. The Balaban J connectivity index is 0.000000202. The fourth-order valence-corrected chi connectivity index (χ4v) is 2.80. The molecule has 4 heteroatoms. The number of thiazole rings is 1. The lowest BCUT2D eigenvalue weighted by molar-refractivity contribution is 0.589. The lowest BCUT2D eigenvalue weighted by atomic mass is 10.1. The van der Waals surface area contributed by atoms with Crippen LogP contribution in [0, 0.1) is 0 Å². The van der Waals surface area contributed by atoms with E-state index in [9.17, 15) is 0 Å². The Morgan fingerprint density at radius 3 is 2.45 bits per heavy atom. The monoisotopic (exact) mass is 310 g/mol. The minimum atomic E-state index is 1.05. The van der Waals surface area contributed by atoms with Gasteiger partial charge in [0.1, 0.15) is 0 Å². The smallest absolute Gasteiger partial charge is 0.0812 e. The normalized spacial score (nSPS) is 10.3. The number of thiol groups is 1. The molecule has 2 aromatic rings. The summed E-state index contributed by atoms with van der Waals surface area (Å²) < 4.78 is 4.13. The third-order valence-corrected chi connectivity index (χ3v) is 4.16. The summed E-state index contributed by atoms with van der Waals surface area (Å²) in [5.41, 5.74) is 2.97. The molecule has 1 aromatic carbocycles. The third kappa shape index (κ3) is 7.88. The summed E-state index contributed by atoms with van der Waals surface area (Å²) in [6, 6.07) is 8.13. The number of nitrogens with zero attached hydrogens (tertiary/aromatic N) is 1. The summed E-state index contributed by atoms with van der Waals surface area (Å²) >= 11 is 5.61. The molecule has 1 aromatic heterocycles. The molecule has 0 atom stereocenters. The van der Waals surface area contributed by atoms with Gasteiger partial charge in [0.25, 0.3) is 0 Å².